The molecule has 0 atom stereocenters. The average Bonchev–Trinajstić information content (AvgIpc) is 2.15. The van der Waals surface area contributed by atoms with Crippen molar-refractivity contribution in [3.63, 3.8) is 0 Å². The maximum atomic E-state index is 4.31. The van der Waals surface area contributed by atoms with E-state index in [1.165, 1.54) is 0 Å². The van der Waals surface area contributed by atoms with Crippen molar-refractivity contribution < 1.29 is 0 Å². The van der Waals surface area contributed by atoms with Crippen molar-refractivity contribution in [1.82, 2.24) is 15.3 Å². The smallest absolute Gasteiger partial charge is 0.133 e. The Morgan fingerprint density at radius 1 is 1.43 bits per heavy atom. The summed E-state index contributed by atoms with van der Waals surface area (Å²) in [4.78, 5) is 8.48. The molecule has 2 N–H and O–H groups in total. The lowest BCUT2D eigenvalue weighted by Gasteiger charge is -2.11. The van der Waals surface area contributed by atoms with Crippen molar-refractivity contribution in [1.29, 1.82) is 0 Å². The maximum absolute atomic E-state index is 4.31. The van der Waals surface area contributed by atoms with Crippen LogP contribution in [0.2, 0.25) is 0 Å². The van der Waals surface area contributed by atoms with E-state index in [-0.39, 0.29) is 0 Å². The predicted molar refractivity (Wildman–Crippen MR) is 58.3 cm³/mol. The molecule has 0 fully saturated rings. The van der Waals surface area contributed by atoms with Crippen LogP contribution >= 0.6 is 0 Å². The Balaban J connectivity index is 2.75. The van der Waals surface area contributed by atoms with Gasteiger partial charge in [0.15, 0.2) is 0 Å². The molecule has 4 heteroatoms. The Morgan fingerprint density at radius 2 is 2.14 bits per heavy atom. The number of anilines is 1. The lowest BCUT2D eigenvalue weighted by Crippen LogP contribution is -2.22. The second-order valence-electron chi connectivity index (χ2n) is 3.58. The van der Waals surface area contributed by atoms with E-state index in [2.05, 4.69) is 34.4 Å². The second-order valence-corrected chi connectivity index (χ2v) is 3.58. The molecule has 4 nitrogen and oxygen atoms in total. The first-order valence-electron chi connectivity index (χ1n) is 4.87. The van der Waals surface area contributed by atoms with E-state index < -0.39 is 0 Å². The first-order valence-corrected chi connectivity index (χ1v) is 4.87. The van der Waals surface area contributed by atoms with Gasteiger partial charge in [-0.1, -0.05) is 13.8 Å². The molecule has 0 aliphatic heterocycles. The fraction of sp³-hybridized carbons (Fsp3) is 0.600. The summed E-state index contributed by atoms with van der Waals surface area (Å²) in [6.07, 6.45) is 1.86. The predicted octanol–water partition coefficient (Wildman–Crippen LogP) is 1.32. The van der Waals surface area contributed by atoms with E-state index in [9.17, 15) is 0 Å². The molecular formula is C10H18N4. The summed E-state index contributed by atoms with van der Waals surface area (Å²) < 4.78 is 0. The topological polar surface area (TPSA) is 49.8 Å². The first kappa shape index (κ1) is 10.9. The zero-order valence-corrected chi connectivity index (χ0v) is 9.26. The molecule has 0 aliphatic rings. The number of hydrogen-bond donors (Lipinski definition) is 2. The number of aryl methyl sites for hydroxylation is 1. The summed E-state index contributed by atoms with van der Waals surface area (Å²) in [5.41, 5.74) is 1.10. The third kappa shape index (κ3) is 2.96. The van der Waals surface area contributed by atoms with Crippen LogP contribution in [0, 0.1) is 6.92 Å². The second kappa shape index (κ2) is 4.91. The molecular weight excluding hydrogens is 176 g/mol. The Labute approximate surface area is 85.2 Å². The number of hydrogen-bond acceptors (Lipinski definition) is 4. The standard InChI is InChI=1S/C10H18N4/c1-7(2)12-5-9-6-13-8(3)14-10(9)11-4/h6-7,12H,5H2,1-4H3,(H,11,13,14). The lowest BCUT2D eigenvalue weighted by atomic mass is 10.2. The Bertz CT molecular complexity index is 296. The van der Waals surface area contributed by atoms with E-state index in [4.69, 9.17) is 0 Å². The van der Waals surface area contributed by atoms with Gasteiger partial charge in [0.05, 0.1) is 0 Å². The summed E-state index contributed by atoms with van der Waals surface area (Å²) in [7, 11) is 1.88. The number of nitrogens with zero attached hydrogens (tertiary/aromatic N) is 2. The largest absolute Gasteiger partial charge is 0.373 e. The van der Waals surface area contributed by atoms with Crippen LogP contribution in [0.3, 0.4) is 0 Å². The van der Waals surface area contributed by atoms with Crippen LogP contribution in [0.5, 0.6) is 0 Å². The zero-order valence-electron chi connectivity index (χ0n) is 9.26. The molecule has 0 radical (unpaired) electrons. The molecule has 0 unspecified atom stereocenters. The third-order valence-electron chi connectivity index (χ3n) is 1.92. The Hall–Kier alpha value is -1.16. The van der Waals surface area contributed by atoms with Crippen LogP contribution < -0.4 is 10.6 Å². The van der Waals surface area contributed by atoms with Crippen molar-refractivity contribution in [2.24, 2.45) is 0 Å². The Kier molecular flexibility index (Phi) is 3.83. The van der Waals surface area contributed by atoms with E-state index in [0.717, 1.165) is 23.8 Å². The van der Waals surface area contributed by atoms with Gasteiger partial charge in [0, 0.05) is 31.4 Å². The molecule has 78 valence electrons. The normalized spacial score (nSPS) is 10.6. The van der Waals surface area contributed by atoms with Gasteiger partial charge in [0.1, 0.15) is 11.6 Å². The van der Waals surface area contributed by atoms with Gasteiger partial charge in [-0.15, -0.1) is 0 Å². The van der Waals surface area contributed by atoms with E-state index in [1.807, 2.05) is 20.2 Å². The van der Waals surface area contributed by atoms with E-state index in [0.29, 0.717) is 6.04 Å². The van der Waals surface area contributed by atoms with Crippen molar-refractivity contribution in [2.45, 2.75) is 33.4 Å². The van der Waals surface area contributed by atoms with Crippen LogP contribution in [0.1, 0.15) is 25.2 Å². The monoisotopic (exact) mass is 194 g/mol. The van der Waals surface area contributed by atoms with Crippen LogP contribution in [0.4, 0.5) is 5.82 Å². The molecule has 0 spiro atoms. The van der Waals surface area contributed by atoms with Crippen LogP contribution in [-0.2, 0) is 6.54 Å². The highest BCUT2D eigenvalue weighted by atomic mass is 15.0. The molecule has 0 aliphatic carbocycles. The van der Waals surface area contributed by atoms with Gasteiger partial charge >= 0.3 is 0 Å². The minimum absolute atomic E-state index is 0.473. The molecule has 1 aromatic heterocycles. The van der Waals surface area contributed by atoms with Gasteiger partial charge in [0.25, 0.3) is 0 Å². The van der Waals surface area contributed by atoms with Crippen LogP contribution in [-0.4, -0.2) is 23.1 Å². The van der Waals surface area contributed by atoms with Gasteiger partial charge < -0.3 is 10.6 Å². The molecule has 0 bridgehead atoms. The summed E-state index contributed by atoms with van der Waals surface area (Å²) in [5.74, 6) is 1.70. The molecule has 0 saturated carbocycles. The highest BCUT2D eigenvalue weighted by Crippen LogP contribution is 2.10. The van der Waals surface area contributed by atoms with Crippen molar-refractivity contribution in [3.05, 3.63) is 17.6 Å². The molecule has 1 rings (SSSR count). The highest BCUT2D eigenvalue weighted by Gasteiger charge is 2.03. The number of rotatable bonds is 4. The van der Waals surface area contributed by atoms with Crippen molar-refractivity contribution in [2.75, 3.05) is 12.4 Å². The summed E-state index contributed by atoms with van der Waals surface area (Å²) in [5, 5.41) is 6.40. The minimum atomic E-state index is 0.473. The molecule has 1 aromatic rings. The van der Waals surface area contributed by atoms with Gasteiger partial charge in [-0.3, -0.25) is 0 Å². The maximum Gasteiger partial charge on any atom is 0.133 e. The fourth-order valence-corrected chi connectivity index (χ4v) is 1.15. The number of aromatic nitrogens is 2. The van der Waals surface area contributed by atoms with Gasteiger partial charge in [0.2, 0.25) is 0 Å². The molecule has 0 saturated heterocycles. The quantitative estimate of drug-likeness (QED) is 0.759. The van der Waals surface area contributed by atoms with Crippen LogP contribution in [0.15, 0.2) is 6.20 Å². The fourth-order valence-electron chi connectivity index (χ4n) is 1.15. The molecule has 0 aromatic carbocycles. The first-order chi connectivity index (χ1) is 6.63. The van der Waals surface area contributed by atoms with E-state index in [1.54, 1.807) is 0 Å². The van der Waals surface area contributed by atoms with Crippen molar-refractivity contribution in [3.8, 4) is 0 Å². The molecule has 1 heterocycles. The van der Waals surface area contributed by atoms with Gasteiger partial charge in [-0.05, 0) is 6.92 Å². The van der Waals surface area contributed by atoms with Crippen molar-refractivity contribution >= 4 is 5.82 Å². The summed E-state index contributed by atoms with van der Waals surface area (Å²) >= 11 is 0. The van der Waals surface area contributed by atoms with Gasteiger partial charge in [-0.25, -0.2) is 9.97 Å². The third-order valence-corrected chi connectivity index (χ3v) is 1.92. The minimum Gasteiger partial charge on any atom is -0.373 e. The number of nitrogens with one attached hydrogen (secondary N) is 2. The van der Waals surface area contributed by atoms with Crippen LogP contribution in [0.25, 0.3) is 0 Å². The summed E-state index contributed by atoms with van der Waals surface area (Å²) in [6.45, 7) is 6.93. The SMILES string of the molecule is CNc1nc(C)ncc1CNC(C)C. The van der Waals surface area contributed by atoms with E-state index >= 15 is 0 Å². The van der Waals surface area contributed by atoms with Gasteiger partial charge in [-0.2, -0.15) is 0 Å². The molecule has 0 amide bonds. The summed E-state index contributed by atoms with van der Waals surface area (Å²) in [6, 6.07) is 0.473. The lowest BCUT2D eigenvalue weighted by molar-refractivity contribution is 0.587. The highest BCUT2D eigenvalue weighted by molar-refractivity contribution is 5.42. The zero-order chi connectivity index (χ0) is 10.6. The average molecular weight is 194 g/mol. The Morgan fingerprint density at radius 3 is 2.71 bits per heavy atom. The molecule has 14 heavy (non-hydrogen) atoms.